The van der Waals surface area contributed by atoms with Crippen LogP contribution in [0.3, 0.4) is 0 Å². The molecule has 0 spiro atoms. The van der Waals surface area contributed by atoms with Gasteiger partial charge >= 0.3 is 0 Å². The highest BCUT2D eigenvalue weighted by molar-refractivity contribution is 4.90. The minimum Gasteiger partial charge on any atom is -0.312 e. The van der Waals surface area contributed by atoms with Crippen LogP contribution in [0.1, 0.15) is 26.7 Å². The maximum absolute atomic E-state index is 3.54. The van der Waals surface area contributed by atoms with Gasteiger partial charge in [-0.3, -0.25) is 0 Å². The average molecular weight is 156 g/mol. The van der Waals surface area contributed by atoms with E-state index in [9.17, 15) is 0 Å². The van der Waals surface area contributed by atoms with Crippen molar-refractivity contribution in [2.75, 3.05) is 14.1 Å². The second-order valence-corrected chi connectivity index (χ2v) is 4.11. The minimum atomic E-state index is 0.642. The van der Waals surface area contributed by atoms with Crippen molar-refractivity contribution in [3.8, 4) is 0 Å². The third-order valence-corrected chi connectivity index (χ3v) is 2.41. The molecule has 0 radical (unpaired) electrons. The molecule has 0 aromatic carbocycles. The molecule has 1 fully saturated rings. The van der Waals surface area contributed by atoms with Gasteiger partial charge in [-0.15, -0.1) is 0 Å². The lowest BCUT2D eigenvalue weighted by molar-refractivity contribution is 0.141. The second kappa shape index (κ2) is 3.55. The summed E-state index contributed by atoms with van der Waals surface area (Å²) in [7, 11) is 4.33. The van der Waals surface area contributed by atoms with Gasteiger partial charge in [0, 0.05) is 18.1 Å². The molecular weight excluding hydrogens is 136 g/mol. The molecule has 2 nitrogen and oxygen atoms in total. The summed E-state index contributed by atoms with van der Waals surface area (Å²) in [5.41, 5.74) is 0. The van der Waals surface area contributed by atoms with E-state index in [0.717, 1.165) is 12.1 Å². The first-order valence-corrected chi connectivity index (χ1v) is 4.52. The van der Waals surface area contributed by atoms with Crippen LogP contribution in [0.4, 0.5) is 0 Å². The highest BCUT2D eigenvalue weighted by Crippen LogP contribution is 2.23. The van der Waals surface area contributed by atoms with Crippen molar-refractivity contribution in [3.05, 3.63) is 0 Å². The van der Waals surface area contributed by atoms with E-state index in [1.54, 1.807) is 0 Å². The van der Waals surface area contributed by atoms with Crippen LogP contribution in [0.2, 0.25) is 0 Å². The predicted molar refractivity (Wildman–Crippen MR) is 48.8 cm³/mol. The van der Waals surface area contributed by atoms with Gasteiger partial charge < -0.3 is 10.2 Å². The fraction of sp³-hybridized carbons (Fsp3) is 1.00. The van der Waals surface area contributed by atoms with Crippen LogP contribution >= 0.6 is 0 Å². The van der Waals surface area contributed by atoms with Crippen LogP contribution in [-0.4, -0.2) is 37.1 Å². The lowest BCUT2D eigenvalue weighted by Gasteiger charge is -2.41. The summed E-state index contributed by atoms with van der Waals surface area (Å²) in [6.07, 6.45) is 2.65. The average Bonchev–Trinajstić information content (AvgIpc) is 1.75. The molecule has 0 saturated heterocycles. The van der Waals surface area contributed by atoms with E-state index in [1.165, 1.54) is 12.8 Å². The molecule has 1 N–H and O–H groups in total. The Morgan fingerprint density at radius 2 is 1.82 bits per heavy atom. The maximum Gasteiger partial charge on any atom is 0.0119 e. The zero-order valence-corrected chi connectivity index (χ0v) is 8.09. The molecule has 0 aliphatic heterocycles. The second-order valence-electron chi connectivity index (χ2n) is 4.11. The Morgan fingerprint density at radius 3 is 2.18 bits per heavy atom. The van der Waals surface area contributed by atoms with Crippen molar-refractivity contribution in [1.29, 1.82) is 0 Å². The summed E-state index contributed by atoms with van der Waals surface area (Å²) >= 11 is 0. The fourth-order valence-electron chi connectivity index (χ4n) is 1.62. The van der Waals surface area contributed by atoms with Crippen molar-refractivity contribution < 1.29 is 0 Å². The lowest BCUT2D eigenvalue weighted by Crippen LogP contribution is -2.51. The molecule has 0 bridgehead atoms. The Labute approximate surface area is 70.0 Å². The largest absolute Gasteiger partial charge is 0.312 e. The molecule has 0 atom stereocenters. The summed E-state index contributed by atoms with van der Waals surface area (Å²) in [4.78, 5) is 2.32. The first-order chi connectivity index (χ1) is 5.09. The zero-order chi connectivity index (χ0) is 8.43. The first kappa shape index (κ1) is 9.01. The van der Waals surface area contributed by atoms with Crippen LogP contribution < -0.4 is 5.32 Å². The summed E-state index contributed by atoms with van der Waals surface area (Å²) in [6, 6.07) is 2.25. The summed E-state index contributed by atoms with van der Waals surface area (Å²) in [6.45, 7) is 4.42. The van der Waals surface area contributed by atoms with Gasteiger partial charge in [-0.25, -0.2) is 0 Å². The molecule has 11 heavy (non-hydrogen) atoms. The van der Waals surface area contributed by atoms with E-state index < -0.39 is 0 Å². The number of rotatable bonds is 3. The molecule has 1 aliphatic rings. The van der Waals surface area contributed by atoms with Gasteiger partial charge in [-0.05, 0) is 26.9 Å². The van der Waals surface area contributed by atoms with Gasteiger partial charge in [-0.1, -0.05) is 13.8 Å². The fourth-order valence-corrected chi connectivity index (χ4v) is 1.62. The van der Waals surface area contributed by atoms with E-state index in [1.807, 2.05) is 0 Å². The third-order valence-electron chi connectivity index (χ3n) is 2.41. The third kappa shape index (κ3) is 2.46. The Hall–Kier alpha value is -0.0800. The molecule has 66 valence electrons. The van der Waals surface area contributed by atoms with Crippen LogP contribution in [-0.2, 0) is 0 Å². The monoisotopic (exact) mass is 156 g/mol. The van der Waals surface area contributed by atoms with E-state index in [2.05, 4.69) is 38.2 Å². The van der Waals surface area contributed by atoms with E-state index in [4.69, 9.17) is 0 Å². The van der Waals surface area contributed by atoms with Crippen molar-refractivity contribution in [2.24, 2.45) is 0 Å². The molecule has 0 amide bonds. The quantitative estimate of drug-likeness (QED) is 0.657. The smallest absolute Gasteiger partial charge is 0.0119 e. The lowest BCUT2D eigenvalue weighted by atomic mass is 9.85. The SMILES string of the molecule is CC(C)NC1CC(N(C)C)C1. The van der Waals surface area contributed by atoms with Gasteiger partial charge in [-0.2, -0.15) is 0 Å². The van der Waals surface area contributed by atoms with Gasteiger partial charge in [0.15, 0.2) is 0 Å². The molecule has 0 aromatic heterocycles. The van der Waals surface area contributed by atoms with Gasteiger partial charge in [0.05, 0.1) is 0 Å². The van der Waals surface area contributed by atoms with Gasteiger partial charge in [0.25, 0.3) is 0 Å². The Balaban J connectivity index is 2.09. The molecule has 0 heterocycles. The molecule has 2 heteroatoms. The standard InChI is InChI=1S/C9H20N2/c1-7(2)10-8-5-9(6-8)11(3)4/h7-10H,5-6H2,1-4H3. The number of nitrogens with zero attached hydrogens (tertiary/aromatic N) is 1. The Morgan fingerprint density at radius 1 is 1.27 bits per heavy atom. The van der Waals surface area contributed by atoms with Crippen molar-refractivity contribution in [1.82, 2.24) is 10.2 Å². The van der Waals surface area contributed by atoms with E-state index in [-0.39, 0.29) is 0 Å². The van der Waals surface area contributed by atoms with Crippen LogP contribution in [0.15, 0.2) is 0 Å². The van der Waals surface area contributed by atoms with Crippen LogP contribution in [0.25, 0.3) is 0 Å². The Kier molecular flexibility index (Phi) is 2.90. The normalized spacial score (nSPS) is 31.1. The highest BCUT2D eigenvalue weighted by atomic mass is 15.1. The topological polar surface area (TPSA) is 15.3 Å². The summed E-state index contributed by atoms with van der Waals surface area (Å²) in [5, 5.41) is 3.54. The molecule has 0 aromatic rings. The molecule has 0 unspecified atom stereocenters. The maximum atomic E-state index is 3.54. The number of hydrogen-bond donors (Lipinski definition) is 1. The van der Waals surface area contributed by atoms with Crippen LogP contribution in [0.5, 0.6) is 0 Å². The van der Waals surface area contributed by atoms with Crippen LogP contribution in [0, 0.1) is 0 Å². The van der Waals surface area contributed by atoms with Crippen molar-refractivity contribution in [3.63, 3.8) is 0 Å². The molecule has 1 saturated carbocycles. The minimum absolute atomic E-state index is 0.642. The highest BCUT2D eigenvalue weighted by Gasteiger charge is 2.30. The van der Waals surface area contributed by atoms with E-state index in [0.29, 0.717) is 6.04 Å². The molecule has 1 aliphatic carbocycles. The van der Waals surface area contributed by atoms with Crippen molar-refractivity contribution in [2.45, 2.75) is 44.8 Å². The van der Waals surface area contributed by atoms with Gasteiger partial charge in [0.1, 0.15) is 0 Å². The van der Waals surface area contributed by atoms with Gasteiger partial charge in [0.2, 0.25) is 0 Å². The van der Waals surface area contributed by atoms with Crippen molar-refractivity contribution >= 4 is 0 Å². The van der Waals surface area contributed by atoms with E-state index >= 15 is 0 Å². The Bertz CT molecular complexity index is 115. The molecule has 1 rings (SSSR count). The summed E-state index contributed by atoms with van der Waals surface area (Å²) in [5.74, 6) is 0. The number of hydrogen-bond acceptors (Lipinski definition) is 2. The number of nitrogens with one attached hydrogen (secondary N) is 1. The predicted octanol–water partition coefficient (Wildman–Crippen LogP) is 1.08. The first-order valence-electron chi connectivity index (χ1n) is 4.52. The molecular formula is C9H20N2. The zero-order valence-electron chi connectivity index (χ0n) is 8.09. The summed E-state index contributed by atoms with van der Waals surface area (Å²) < 4.78 is 0.